The van der Waals surface area contributed by atoms with Crippen molar-refractivity contribution in [2.45, 2.75) is 38.1 Å². The summed E-state index contributed by atoms with van der Waals surface area (Å²) in [7, 11) is -1.15. The lowest BCUT2D eigenvalue weighted by Crippen LogP contribution is -2.40. The second-order valence-electron chi connectivity index (χ2n) is 7.47. The molecule has 1 aliphatic rings. The smallest absolute Gasteiger partial charge is 0.211 e. The van der Waals surface area contributed by atoms with Gasteiger partial charge in [-0.1, -0.05) is 48.5 Å². The van der Waals surface area contributed by atoms with Crippen molar-refractivity contribution in [3.05, 3.63) is 71.4 Å². The molecular formula is C22H26N2O2S. The highest BCUT2D eigenvalue weighted by Crippen LogP contribution is 2.31. The van der Waals surface area contributed by atoms with Crippen molar-refractivity contribution in [3.8, 4) is 0 Å². The fourth-order valence-corrected chi connectivity index (χ4v) is 5.61. The van der Waals surface area contributed by atoms with E-state index in [2.05, 4.69) is 40.6 Å². The lowest BCUT2D eigenvalue weighted by Gasteiger charge is -2.24. The molecule has 0 saturated heterocycles. The molecule has 2 aromatic carbocycles. The molecule has 1 unspecified atom stereocenters. The minimum absolute atomic E-state index is 0.00923. The Morgan fingerprint density at radius 3 is 2.63 bits per heavy atom. The average molecular weight is 383 g/mol. The first-order valence-corrected chi connectivity index (χ1v) is 11.3. The Morgan fingerprint density at radius 1 is 1.07 bits per heavy atom. The number of fused-ring (bicyclic) bond motifs is 3. The molecule has 0 amide bonds. The van der Waals surface area contributed by atoms with Gasteiger partial charge < -0.3 is 4.57 Å². The van der Waals surface area contributed by atoms with Crippen LogP contribution >= 0.6 is 0 Å². The molecule has 0 spiro atoms. The molecule has 1 aromatic heterocycles. The summed E-state index contributed by atoms with van der Waals surface area (Å²) >= 11 is 0. The van der Waals surface area contributed by atoms with Crippen LogP contribution in [-0.4, -0.2) is 24.8 Å². The van der Waals surface area contributed by atoms with Crippen molar-refractivity contribution < 1.29 is 8.42 Å². The molecule has 4 rings (SSSR count). The van der Waals surface area contributed by atoms with Crippen molar-refractivity contribution in [1.82, 2.24) is 9.29 Å². The number of hydrogen-bond donors (Lipinski definition) is 1. The standard InChI is InChI=1S/C22H26N2O2S/c1-24-21-12-6-5-11-19(21)20-16-18(13-14-22(20)24)23-27(25,26)15-7-10-17-8-3-2-4-9-17/h2-6,8-9,11-12,18,23H,7,10,13-16H2,1H3. The molecule has 3 aromatic rings. The van der Waals surface area contributed by atoms with Gasteiger partial charge in [0.25, 0.3) is 0 Å². The number of hydrogen-bond acceptors (Lipinski definition) is 2. The number of benzene rings is 2. The number of aromatic nitrogens is 1. The molecule has 5 heteroatoms. The largest absolute Gasteiger partial charge is 0.347 e. The first-order valence-electron chi connectivity index (χ1n) is 9.62. The summed E-state index contributed by atoms with van der Waals surface area (Å²) in [6.45, 7) is 0. The zero-order valence-electron chi connectivity index (χ0n) is 15.7. The number of sulfonamides is 1. The van der Waals surface area contributed by atoms with Gasteiger partial charge in [-0.25, -0.2) is 13.1 Å². The predicted octanol–water partition coefficient (Wildman–Crippen LogP) is 3.59. The van der Waals surface area contributed by atoms with Gasteiger partial charge in [-0.05, 0) is 49.3 Å². The highest BCUT2D eigenvalue weighted by molar-refractivity contribution is 7.89. The van der Waals surface area contributed by atoms with E-state index in [9.17, 15) is 8.42 Å². The number of para-hydroxylation sites is 1. The Labute approximate surface area is 161 Å². The summed E-state index contributed by atoms with van der Waals surface area (Å²) in [6, 6.07) is 18.4. The topological polar surface area (TPSA) is 51.1 Å². The molecule has 1 heterocycles. The van der Waals surface area contributed by atoms with Crippen LogP contribution in [0.25, 0.3) is 10.9 Å². The van der Waals surface area contributed by atoms with Gasteiger partial charge in [0.2, 0.25) is 10.0 Å². The molecule has 27 heavy (non-hydrogen) atoms. The Balaban J connectivity index is 1.41. The van der Waals surface area contributed by atoms with Gasteiger partial charge >= 0.3 is 0 Å². The third kappa shape index (κ3) is 3.94. The summed E-state index contributed by atoms with van der Waals surface area (Å²) in [4.78, 5) is 0. The van der Waals surface area contributed by atoms with Crippen LogP contribution in [0.3, 0.4) is 0 Å². The molecule has 142 valence electrons. The maximum absolute atomic E-state index is 12.6. The minimum Gasteiger partial charge on any atom is -0.347 e. The maximum Gasteiger partial charge on any atom is 0.211 e. The third-order valence-electron chi connectivity index (χ3n) is 5.59. The molecule has 1 atom stereocenters. The van der Waals surface area contributed by atoms with E-state index in [1.54, 1.807) is 0 Å². The Bertz CT molecular complexity index is 1040. The quantitative estimate of drug-likeness (QED) is 0.708. The highest BCUT2D eigenvalue weighted by Gasteiger charge is 2.26. The summed E-state index contributed by atoms with van der Waals surface area (Å²) in [6.07, 6.45) is 3.98. The molecule has 0 saturated carbocycles. The second kappa shape index (κ2) is 7.49. The average Bonchev–Trinajstić information content (AvgIpc) is 2.95. The summed E-state index contributed by atoms with van der Waals surface area (Å²) in [5.41, 5.74) is 5.06. The van der Waals surface area contributed by atoms with Crippen molar-refractivity contribution in [2.24, 2.45) is 7.05 Å². The van der Waals surface area contributed by atoms with Crippen LogP contribution < -0.4 is 4.72 Å². The molecule has 0 aliphatic heterocycles. The van der Waals surface area contributed by atoms with Crippen molar-refractivity contribution >= 4 is 20.9 Å². The van der Waals surface area contributed by atoms with E-state index in [0.717, 1.165) is 25.7 Å². The molecule has 1 aliphatic carbocycles. The Kier molecular flexibility index (Phi) is 5.06. The fourth-order valence-electron chi connectivity index (χ4n) is 4.25. The van der Waals surface area contributed by atoms with E-state index in [-0.39, 0.29) is 11.8 Å². The van der Waals surface area contributed by atoms with E-state index in [0.29, 0.717) is 6.42 Å². The Morgan fingerprint density at radius 2 is 1.81 bits per heavy atom. The highest BCUT2D eigenvalue weighted by atomic mass is 32.2. The third-order valence-corrected chi connectivity index (χ3v) is 7.11. The molecule has 1 N–H and O–H groups in total. The number of nitrogens with zero attached hydrogens (tertiary/aromatic N) is 1. The van der Waals surface area contributed by atoms with E-state index in [1.807, 2.05) is 30.3 Å². The van der Waals surface area contributed by atoms with Gasteiger partial charge in [-0.2, -0.15) is 0 Å². The number of aryl methyl sites for hydroxylation is 2. The van der Waals surface area contributed by atoms with E-state index >= 15 is 0 Å². The maximum atomic E-state index is 12.6. The SMILES string of the molecule is Cn1c2c(c3ccccc31)CC(NS(=O)(=O)CCCc1ccccc1)CC2. The first-order chi connectivity index (χ1) is 13.0. The zero-order chi connectivity index (χ0) is 18.9. The monoisotopic (exact) mass is 382 g/mol. The number of rotatable bonds is 6. The van der Waals surface area contributed by atoms with Crippen LogP contribution in [0.4, 0.5) is 0 Å². The van der Waals surface area contributed by atoms with Crippen molar-refractivity contribution in [2.75, 3.05) is 5.75 Å². The van der Waals surface area contributed by atoms with Crippen LogP contribution in [0.15, 0.2) is 54.6 Å². The van der Waals surface area contributed by atoms with Crippen molar-refractivity contribution in [1.29, 1.82) is 0 Å². The van der Waals surface area contributed by atoms with Gasteiger partial charge in [0.05, 0.1) is 5.75 Å². The molecule has 0 fully saturated rings. The van der Waals surface area contributed by atoms with Crippen LogP contribution in [0.1, 0.15) is 29.7 Å². The predicted molar refractivity (Wildman–Crippen MR) is 110 cm³/mol. The van der Waals surface area contributed by atoms with Crippen LogP contribution in [-0.2, 0) is 36.3 Å². The van der Waals surface area contributed by atoms with Crippen molar-refractivity contribution in [3.63, 3.8) is 0 Å². The first kappa shape index (κ1) is 18.3. The van der Waals surface area contributed by atoms with Crippen LogP contribution in [0.2, 0.25) is 0 Å². The normalized spacial score (nSPS) is 17.1. The molecule has 0 bridgehead atoms. The molecule has 0 radical (unpaired) electrons. The lowest BCUT2D eigenvalue weighted by atomic mass is 9.92. The van der Waals surface area contributed by atoms with Gasteiger partial charge in [-0.15, -0.1) is 0 Å². The lowest BCUT2D eigenvalue weighted by molar-refractivity contribution is 0.500. The van der Waals surface area contributed by atoms with Gasteiger partial charge in [0.1, 0.15) is 0 Å². The number of nitrogens with one attached hydrogen (secondary N) is 1. The summed E-state index contributed by atoms with van der Waals surface area (Å²) in [5.74, 6) is 0.181. The van der Waals surface area contributed by atoms with Gasteiger partial charge in [-0.3, -0.25) is 0 Å². The van der Waals surface area contributed by atoms with Crippen LogP contribution in [0, 0.1) is 0 Å². The molecule has 4 nitrogen and oxygen atoms in total. The van der Waals surface area contributed by atoms with E-state index in [4.69, 9.17) is 0 Å². The fraction of sp³-hybridized carbons (Fsp3) is 0.364. The van der Waals surface area contributed by atoms with E-state index < -0.39 is 10.0 Å². The zero-order valence-corrected chi connectivity index (χ0v) is 16.5. The minimum atomic E-state index is -3.26. The van der Waals surface area contributed by atoms with Gasteiger partial charge in [0, 0.05) is 29.7 Å². The summed E-state index contributed by atoms with van der Waals surface area (Å²) in [5, 5.41) is 1.25. The summed E-state index contributed by atoms with van der Waals surface area (Å²) < 4.78 is 30.3. The molecular weight excluding hydrogens is 356 g/mol. The van der Waals surface area contributed by atoms with Gasteiger partial charge in [0.15, 0.2) is 0 Å². The Hall–Kier alpha value is -2.11. The van der Waals surface area contributed by atoms with E-state index in [1.165, 1.54) is 27.7 Å². The second-order valence-corrected chi connectivity index (χ2v) is 9.34. The van der Waals surface area contributed by atoms with Crippen LogP contribution in [0.5, 0.6) is 0 Å².